The van der Waals surface area contributed by atoms with E-state index in [2.05, 4.69) is 51.7 Å². The SMILES string of the molecule is Cc1cc(C)cc(NC(=O)c2cc3sccc3n2CCc2ccccc2)c1. The van der Waals surface area contributed by atoms with Crippen LogP contribution in [0, 0.1) is 13.8 Å². The zero-order valence-corrected chi connectivity index (χ0v) is 16.3. The van der Waals surface area contributed by atoms with Gasteiger partial charge in [0.25, 0.3) is 5.91 Å². The topological polar surface area (TPSA) is 34.0 Å². The Bertz CT molecular complexity index is 1070. The van der Waals surface area contributed by atoms with Crippen LogP contribution in [0.15, 0.2) is 66.0 Å². The van der Waals surface area contributed by atoms with Gasteiger partial charge in [0.05, 0.1) is 10.2 Å². The van der Waals surface area contributed by atoms with Crippen LogP contribution >= 0.6 is 11.3 Å². The van der Waals surface area contributed by atoms with Gasteiger partial charge in [0, 0.05) is 12.2 Å². The molecule has 0 spiro atoms. The standard InChI is InChI=1S/C23H22N2OS/c1-16-12-17(2)14-19(13-16)24-23(26)21-15-22-20(9-11-27-22)25(21)10-8-18-6-4-3-5-7-18/h3-7,9,11-15H,8,10H2,1-2H3,(H,24,26). The number of fused-ring (bicyclic) bond motifs is 1. The molecule has 2 aromatic heterocycles. The van der Waals surface area contributed by atoms with Gasteiger partial charge in [-0.05, 0) is 66.6 Å². The third kappa shape index (κ3) is 3.81. The number of amides is 1. The minimum Gasteiger partial charge on any atom is -0.335 e. The number of nitrogens with zero attached hydrogens (tertiary/aromatic N) is 1. The van der Waals surface area contributed by atoms with Crippen LogP contribution in [0.5, 0.6) is 0 Å². The summed E-state index contributed by atoms with van der Waals surface area (Å²) in [6, 6.07) is 20.6. The molecule has 2 aromatic carbocycles. The molecule has 136 valence electrons. The number of anilines is 1. The van der Waals surface area contributed by atoms with E-state index >= 15 is 0 Å². The lowest BCUT2D eigenvalue weighted by Crippen LogP contribution is -2.18. The van der Waals surface area contributed by atoms with Crippen molar-refractivity contribution in [2.45, 2.75) is 26.8 Å². The molecule has 1 amide bonds. The zero-order valence-electron chi connectivity index (χ0n) is 15.5. The summed E-state index contributed by atoms with van der Waals surface area (Å²) >= 11 is 1.67. The van der Waals surface area contributed by atoms with Crippen molar-refractivity contribution < 1.29 is 4.79 Å². The minimum absolute atomic E-state index is 0.0588. The number of aryl methyl sites for hydroxylation is 4. The van der Waals surface area contributed by atoms with Crippen LogP contribution in [0.3, 0.4) is 0 Å². The Morgan fingerprint density at radius 3 is 2.48 bits per heavy atom. The molecule has 0 aliphatic heterocycles. The molecule has 0 radical (unpaired) electrons. The predicted octanol–water partition coefficient (Wildman–Crippen LogP) is 5.81. The van der Waals surface area contributed by atoms with Crippen LogP contribution < -0.4 is 5.32 Å². The number of rotatable bonds is 5. The molecule has 4 aromatic rings. The highest BCUT2D eigenvalue weighted by Gasteiger charge is 2.17. The lowest BCUT2D eigenvalue weighted by atomic mass is 10.1. The number of hydrogen-bond donors (Lipinski definition) is 1. The second kappa shape index (κ2) is 7.41. The van der Waals surface area contributed by atoms with Crippen LogP contribution in [-0.4, -0.2) is 10.5 Å². The lowest BCUT2D eigenvalue weighted by Gasteiger charge is -2.12. The van der Waals surface area contributed by atoms with Crippen molar-refractivity contribution in [1.82, 2.24) is 4.57 Å². The Labute approximate surface area is 163 Å². The third-order valence-electron chi connectivity index (χ3n) is 4.70. The third-order valence-corrected chi connectivity index (χ3v) is 5.55. The van der Waals surface area contributed by atoms with E-state index in [0.717, 1.165) is 40.0 Å². The van der Waals surface area contributed by atoms with Gasteiger partial charge in [-0.3, -0.25) is 4.79 Å². The highest BCUT2D eigenvalue weighted by atomic mass is 32.1. The van der Waals surface area contributed by atoms with E-state index in [1.165, 1.54) is 5.56 Å². The normalized spacial score (nSPS) is 11.0. The Balaban J connectivity index is 1.62. The summed E-state index contributed by atoms with van der Waals surface area (Å²) in [5.41, 5.74) is 6.25. The van der Waals surface area contributed by atoms with Gasteiger partial charge in [-0.25, -0.2) is 0 Å². The molecule has 0 unspecified atom stereocenters. The average molecular weight is 375 g/mol. The molecule has 2 heterocycles. The summed E-state index contributed by atoms with van der Waals surface area (Å²) < 4.78 is 3.28. The van der Waals surface area contributed by atoms with Crippen molar-refractivity contribution in [3.63, 3.8) is 0 Å². The number of nitrogens with one attached hydrogen (secondary N) is 1. The fourth-order valence-corrected chi connectivity index (χ4v) is 4.36. The van der Waals surface area contributed by atoms with Gasteiger partial charge >= 0.3 is 0 Å². The van der Waals surface area contributed by atoms with Gasteiger partial charge < -0.3 is 9.88 Å². The van der Waals surface area contributed by atoms with Crippen molar-refractivity contribution in [3.05, 3.63) is 88.4 Å². The molecule has 27 heavy (non-hydrogen) atoms. The Kier molecular flexibility index (Phi) is 4.82. The van der Waals surface area contributed by atoms with Gasteiger partial charge in [-0.1, -0.05) is 36.4 Å². The fraction of sp³-hybridized carbons (Fsp3) is 0.174. The molecule has 4 rings (SSSR count). The van der Waals surface area contributed by atoms with E-state index in [0.29, 0.717) is 5.69 Å². The van der Waals surface area contributed by atoms with E-state index < -0.39 is 0 Å². The molecule has 0 aliphatic rings. The average Bonchev–Trinajstić information content (AvgIpc) is 3.21. The molecular weight excluding hydrogens is 352 g/mol. The maximum Gasteiger partial charge on any atom is 0.272 e. The van der Waals surface area contributed by atoms with Crippen molar-refractivity contribution in [2.75, 3.05) is 5.32 Å². The largest absolute Gasteiger partial charge is 0.335 e. The predicted molar refractivity (Wildman–Crippen MR) is 114 cm³/mol. The van der Waals surface area contributed by atoms with E-state index in [4.69, 9.17) is 0 Å². The monoisotopic (exact) mass is 374 g/mol. The first-order valence-electron chi connectivity index (χ1n) is 9.10. The van der Waals surface area contributed by atoms with E-state index in [9.17, 15) is 4.79 Å². The zero-order chi connectivity index (χ0) is 18.8. The Morgan fingerprint density at radius 1 is 1.00 bits per heavy atom. The molecule has 0 saturated carbocycles. The van der Waals surface area contributed by atoms with Crippen LogP contribution in [0.1, 0.15) is 27.2 Å². The fourth-order valence-electron chi connectivity index (χ4n) is 3.53. The number of carbonyl (C=O) groups excluding carboxylic acids is 1. The van der Waals surface area contributed by atoms with Gasteiger partial charge in [-0.15, -0.1) is 11.3 Å². The number of hydrogen-bond acceptors (Lipinski definition) is 2. The van der Waals surface area contributed by atoms with Crippen LogP contribution in [0.4, 0.5) is 5.69 Å². The second-order valence-corrected chi connectivity index (χ2v) is 7.87. The highest BCUT2D eigenvalue weighted by molar-refractivity contribution is 7.17. The molecule has 0 bridgehead atoms. The van der Waals surface area contributed by atoms with E-state index in [1.54, 1.807) is 11.3 Å². The first-order chi connectivity index (χ1) is 13.1. The maximum atomic E-state index is 13.0. The molecule has 0 saturated heterocycles. The summed E-state index contributed by atoms with van der Waals surface area (Å²) in [5, 5.41) is 5.15. The maximum absolute atomic E-state index is 13.0. The van der Waals surface area contributed by atoms with Gasteiger partial charge in [0.1, 0.15) is 5.69 Å². The smallest absolute Gasteiger partial charge is 0.272 e. The van der Waals surface area contributed by atoms with Crippen LogP contribution in [-0.2, 0) is 13.0 Å². The number of thiophene rings is 1. The number of carbonyl (C=O) groups is 1. The van der Waals surface area contributed by atoms with Crippen molar-refractivity contribution in [1.29, 1.82) is 0 Å². The second-order valence-electron chi connectivity index (χ2n) is 6.92. The molecule has 4 heteroatoms. The summed E-state index contributed by atoms with van der Waals surface area (Å²) in [7, 11) is 0. The Morgan fingerprint density at radius 2 is 1.74 bits per heavy atom. The molecule has 0 aliphatic carbocycles. The number of aromatic nitrogens is 1. The molecule has 3 nitrogen and oxygen atoms in total. The first-order valence-corrected chi connectivity index (χ1v) is 9.98. The van der Waals surface area contributed by atoms with Crippen molar-refractivity contribution in [2.24, 2.45) is 0 Å². The quantitative estimate of drug-likeness (QED) is 0.469. The highest BCUT2D eigenvalue weighted by Crippen LogP contribution is 2.26. The van der Waals surface area contributed by atoms with Gasteiger partial charge in [0.15, 0.2) is 0 Å². The van der Waals surface area contributed by atoms with E-state index in [1.807, 2.05) is 38.1 Å². The first kappa shape index (κ1) is 17.6. The number of benzene rings is 2. The summed E-state index contributed by atoms with van der Waals surface area (Å²) in [5.74, 6) is -0.0588. The van der Waals surface area contributed by atoms with Crippen molar-refractivity contribution in [3.8, 4) is 0 Å². The van der Waals surface area contributed by atoms with Crippen molar-refractivity contribution >= 4 is 33.1 Å². The van der Waals surface area contributed by atoms with E-state index in [-0.39, 0.29) is 5.91 Å². The van der Waals surface area contributed by atoms with Gasteiger partial charge in [0.2, 0.25) is 0 Å². The van der Waals surface area contributed by atoms with Crippen LogP contribution in [0.25, 0.3) is 10.2 Å². The molecular formula is C23H22N2OS. The minimum atomic E-state index is -0.0588. The van der Waals surface area contributed by atoms with Crippen LogP contribution in [0.2, 0.25) is 0 Å². The summed E-state index contributed by atoms with van der Waals surface area (Å²) in [6.45, 7) is 4.86. The molecule has 0 atom stereocenters. The Hall–Kier alpha value is -2.85. The van der Waals surface area contributed by atoms with Gasteiger partial charge in [-0.2, -0.15) is 0 Å². The molecule has 0 fully saturated rings. The summed E-state index contributed by atoms with van der Waals surface area (Å²) in [6.07, 6.45) is 0.893. The lowest BCUT2D eigenvalue weighted by molar-refractivity contribution is 0.101. The molecule has 1 N–H and O–H groups in total. The summed E-state index contributed by atoms with van der Waals surface area (Å²) in [4.78, 5) is 13.0.